The van der Waals surface area contributed by atoms with Crippen LogP contribution in [0.1, 0.15) is 32.1 Å². The minimum atomic E-state index is -0.316. The largest absolute Gasteiger partial charge is 0.399 e. The van der Waals surface area contributed by atoms with Gasteiger partial charge in [-0.2, -0.15) is 0 Å². The maximum Gasteiger partial charge on any atom is 0.137 e. The number of aromatic nitrogens is 2. The third-order valence-electron chi connectivity index (χ3n) is 3.96. The molecule has 5 nitrogen and oxygen atoms in total. The number of nitrogens with one attached hydrogen (secondary N) is 1. The fourth-order valence-electron chi connectivity index (χ4n) is 2.82. The van der Waals surface area contributed by atoms with Crippen LogP contribution in [0.15, 0.2) is 24.5 Å². The van der Waals surface area contributed by atoms with Gasteiger partial charge in [0.2, 0.25) is 0 Å². The van der Waals surface area contributed by atoms with Crippen LogP contribution in [0.25, 0.3) is 10.9 Å². The molecule has 3 rings (SSSR count). The van der Waals surface area contributed by atoms with Crippen molar-refractivity contribution in [3.63, 3.8) is 0 Å². The second-order valence-corrected chi connectivity index (χ2v) is 5.46. The minimum absolute atomic E-state index is 0.0528. The average molecular weight is 272 g/mol. The molecule has 4 N–H and O–H groups in total. The van der Waals surface area contributed by atoms with Gasteiger partial charge in [0.05, 0.1) is 17.7 Å². The zero-order valence-corrected chi connectivity index (χ0v) is 11.4. The third kappa shape index (κ3) is 2.67. The molecule has 1 aromatic heterocycles. The molecule has 1 aliphatic carbocycles. The Balaban J connectivity index is 1.91. The summed E-state index contributed by atoms with van der Waals surface area (Å²) in [5, 5.41) is 14.5. The van der Waals surface area contributed by atoms with Crippen molar-refractivity contribution in [3.05, 3.63) is 24.5 Å². The van der Waals surface area contributed by atoms with E-state index < -0.39 is 0 Å². The molecule has 0 aliphatic heterocycles. The van der Waals surface area contributed by atoms with Gasteiger partial charge in [-0.1, -0.05) is 19.3 Å². The van der Waals surface area contributed by atoms with E-state index in [-0.39, 0.29) is 12.1 Å². The van der Waals surface area contributed by atoms with E-state index in [0.29, 0.717) is 5.69 Å². The summed E-state index contributed by atoms with van der Waals surface area (Å²) in [6.07, 6.45) is 6.47. The Morgan fingerprint density at radius 3 is 2.90 bits per heavy atom. The first-order chi connectivity index (χ1) is 9.74. The Kier molecular flexibility index (Phi) is 3.69. The predicted molar refractivity (Wildman–Crippen MR) is 80.5 cm³/mol. The van der Waals surface area contributed by atoms with E-state index in [1.807, 2.05) is 18.2 Å². The number of anilines is 2. The number of hydrogen-bond donors (Lipinski definition) is 3. The van der Waals surface area contributed by atoms with Gasteiger partial charge in [-0.05, 0) is 31.0 Å². The van der Waals surface area contributed by atoms with E-state index in [0.717, 1.165) is 42.4 Å². The molecule has 1 saturated carbocycles. The van der Waals surface area contributed by atoms with E-state index in [9.17, 15) is 5.11 Å². The van der Waals surface area contributed by atoms with E-state index in [2.05, 4.69) is 15.3 Å². The lowest BCUT2D eigenvalue weighted by molar-refractivity contribution is 0.144. The van der Waals surface area contributed by atoms with Crippen LogP contribution >= 0.6 is 0 Å². The molecule has 0 amide bonds. The molecule has 0 saturated heterocycles. The molecule has 0 radical (unpaired) electrons. The predicted octanol–water partition coefficient (Wildman–Crippen LogP) is 2.32. The normalized spacial score (nSPS) is 23.4. The maximum atomic E-state index is 10.2. The van der Waals surface area contributed by atoms with Gasteiger partial charge in [-0.3, -0.25) is 0 Å². The highest BCUT2D eigenvalue weighted by molar-refractivity contribution is 5.91. The number of nitrogens with two attached hydrogens (primary N) is 1. The molecule has 2 aromatic rings. The van der Waals surface area contributed by atoms with Gasteiger partial charge in [0.25, 0.3) is 0 Å². The lowest BCUT2D eigenvalue weighted by Crippen LogP contribution is -2.32. The molecular formula is C15H20N4O. The molecule has 0 spiro atoms. The molecule has 2 unspecified atom stereocenters. The Bertz CT molecular complexity index is 601. The van der Waals surface area contributed by atoms with Crippen LogP contribution in [-0.2, 0) is 0 Å². The van der Waals surface area contributed by atoms with Crippen LogP contribution in [0.2, 0.25) is 0 Å². The van der Waals surface area contributed by atoms with Crippen molar-refractivity contribution in [2.45, 2.75) is 44.2 Å². The van der Waals surface area contributed by atoms with Gasteiger partial charge in [0.1, 0.15) is 12.1 Å². The Hall–Kier alpha value is -1.88. The molecular weight excluding hydrogens is 252 g/mol. The number of rotatable bonds is 2. The van der Waals surface area contributed by atoms with Crippen molar-refractivity contribution < 1.29 is 5.11 Å². The first-order valence-corrected chi connectivity index (χ1v) is 7.19. The molecule has 1 aromatic carbocycles. The molecule has 2 atom stereocenters. The third-order valence-corrected chi connectivity index (χ3v) is 3.96. The maximum absolute atomic E-state index is 10.2. The highest BCUT2D eigenvalue weighted by atomic mass is 16.3. The van der Waals surface area contributed by atoms with Crippen molar-refractivity contribution in [2.75, 3.05) is 11.1 Å². The fourth-order valence-corrected chi connectivity index (χ4v) is 2.82. The number of nitrogens with zero attached hydrogens (tertiary/aromatic N) is 2. The summed E-state index contributed by atoms with van der Waals surface area (Å²) < 4.78 is 0. The van der Waals surface area contributed by atoms with Crippen molar-refractivity contribution in [1.29, 1.82) is 0 Å². The van der Waals surface area contributed by atoms with Crippen LogP contribution in [0, 0.1) is 0 Å². The summed E-state index contributed by atoms with van der Waals surface area (Å²) in [7, 11) is 0. The fraction of sp³-hybridized carbons (Fsp3) is 0.467. The molecule has 20 heavy (non-hydrogen) atoms. The van der Waals surface area contributed by atoms with Crippen molar-refractivity contribution in [2.24, 2.45) is 0 Å². The smallest absolute Gasteiger partial charge is 0.137 e. The Morgan fingerprint density at radius 2 is 2.00 bits per heavy atom. The number of benzene rings is 1. The topological polar surface area (TPSA) is 84.1 Å². The van der Waals surface area contributed by atoms with Gasteiger partial charge in [0, 0.05) is 11.1 Å². The number of fused-ring (bicyclic) bond motifs is 1. The van der Waals surface area contributed by atoms with E-state index in [1.165, 1.54) is 6.42 Å². The molecule has 0 bridgehead atoms. The number of hydrogen-bond acceptors (Lipinski definition) is 5. The highest BCUT2D eigenvalue weighted by Crippen LogP contribution is 2.26. The lowest BCUT2D eigenvalue weighted by Gasteiger charge is -2.22. The minimum Gasteiger partial charge on any atom is -0.399 e. The van der Waals surface area contributed by atoms with Crippen LogP contribution < -0.4 is 11.1 Å². The van der Waals surface area contributed by atoms with Crippen LogP contribution in [0.4, 0.5) is 11.5 Å². The van der Waals surface area contributed by atoms with Gasteiger partial charge in [-0.15, -0.1) is 0 Å². The number of aliphatic hydroxyl groups excluding tert-OH is 1. The van der Waals surface area contributed by atoms with Crippen LogP contribution in [-0.4, -0.2) is 27.2 Å². The van der Waals surface area contributed by atoms with Gasteiger partial charge < -0.3 is 16.2 Å². The molecule has 1 aliphatic rings. The molecule has 1 heterocycles. The standard InChI is InChI=1S/C15H20N4O/c16-10-6-7-12-11(8-10)15(18-9-17-12)19-13-4-2-1-3-5-14(13)20/h6-9,13-14,20H,1-5,16H2,(H,17,18,19). The van der Waals surface area contributed by atoms with Crippen LogP contribution in [0.3, 0.4) is 0 Å². The zero-order valence-electron chi connectivity index (χ0n) is 11.4. The van der Waals surface area contributed by atoms with E-state index in [4.69, 9.17) is 5.73 Å². The summed E-state index contributed by atoms with van der Waals surface area (Å²) >= 11 is 0. The van der Waals surface area contributed by atoms with E-state index in [1.54, 1.807) is 6.33 Å². The van der Waals surface area contributed by atoms with Gasteiger partial charge in [-0.25, -0.2) is 9.97 Å². The summed E-state index contributed by atoms with van der Waals surface area (Å²) in [6, 6.07) is 5.65. The molecule has 1 fully saturated rings. The first kappa shape index (κ1) is 13.1. The summed E-state index contributed by atoms with van der Waals surface area (Å²) in [5.74, 6) is 0.758. The highest BCUT2D eigenvalue weighted by Gasteiger charge is 2.22. The Morgan fingerprint density at radius 1 is 1.15 bits per heavy atom. The summed E-state index contributed by atoms with van der Waals surface area (Å²) in [6.45, 7) is 0. The first-order valence-electron chi connectivity index (χ1n) is 7.19. The number of aliphatic hydroxyl groups is 1. The van der Waals surface area contributed by atoms with Crippen molar-refractivity contribution >= 4 is 22.4 Å². The van der Waals surface area contributed by atoms with Crippen molar-refractivity contribution in [1.82, 2.24) is 9.97 Å². The van der Waals surface area contributed by atoms with Gasteiger partial charge >= 0.3 is 0 Å². The molecule has 5 heteroatoms. The van der Waals surface area contributed by atoms with Crippen molar-refractivity contribution in [3.8, 4) is 0 Å². The summed E-state index contributed by atoms with van der Waals surface area (Å²) in [4.78, 5) is 8.56. The van der Waals surface area contributed by atoms with Crippen LogP contribution in [0.5, 0.6) is 0 Å². The number of nitrogen functional groups attached to an aromatic ring is 1. The SMILES string of the molecule is Nc1ccc2ncnc(NC3CCCCCC3O)c2c1. The van der Waals surface area contributed by atoms with E-state index >= 15 is 0 Å². The average Bonchev–Trinajstić information content (AvgIpc) is 2.65. The molecule has 106 valence electrons. The zero-order chi connectivity index (χ0) is 13.9. The van der Waals surface area contributed by atoms with Gasteiger partial charge in [0.15, 0.2) is 0 Å². The second kappa shape index (κ2) is 5.63. The second-order valence-electron chi connectivity index (χ2n) is 5.46. The Labute approximate surface area is 118 Å². The monoisotopic (exact) mass is 272 g/mol. The lowest BCUT2D eigenvalue weighted by atomic mass is 10.1. The quantitative estimate of drug-likeness (QED) is 0.577. The summed E-state index contributed by atoms with van der Waals surface area (Å²) in [5.41, 5.74) is 7.40.